The Kier molecular flexibility index (Phi) is 6.68. The van der Waals surface area contributed by atoms with Crippen LogP contribution in [0, 0.1) is 0 Å². The molecule has 3 rings (SSSR count). The van der Waals surface area contributed by atoms with E-state index in [4.69, 9.17) is 0 Å². The topological polar surface area (TPSA) is 58.2 Å². The summed E-state index contributed by atoms with van der Waals surface area (Å²) < 4.78 is 0. The first kappa shape index (κ1) is 21.3. The molecule has 0 spiro atoms. The van der Waals surface area contributed by atoms with Crippen LogP contribution in [0.3, 0.4) is 0 Å². The zero-order valence-electron chi connectivity index (χ0n) is 17.7. The van der Waals surface area contributed by atoms with Crippen LogP contribution in [0.1, 0.15) is 43.1 Å². The zero-order valence-corrected chi connectivity index (χ0v) is 17.7. The van der Waals surface area contributed by atoms with Crippen molar-refractivity contribution in [3.05, 3.63) is 90.0 Å². The molecule has 0 aliphatic heterocycles. The summed E-state index contributed by atoms with van der Waals surface area (Å²) in [6.07, 6.45) is 0.215. The highest BCUT2D eigenvalue weighted by atomic mass is 16.2. The van der Waals surface area contributed by atoms with Gasteiger partial charge in [-0.05, 0) is 46.4 Å². The second-order valence-electron chi connectivity index (χ2n) is 8.32. The molecule has 0 unspecified atom stereocenters. The van der Waals surface area contributed by atoms with Crippen LogP contribution in [0.5, 0.6) is 0 Å². The fourth-order valence-corrected chi connectivity index (χ4v) is 3.11. The molecule has 0 fully saturated rings. The van der Waals surface area contributed by atoms with Gasteiger partial charge in [-0.25, -0.2) is 0 Å². The fourth-order valence-electron chi connectivity index (χ4n) is 3.11. The van der Waals surface area contributed by atoms with Crippen LogP contribution in [0.25, 0.3) is 11.1 Å². The Morgan fingerprint density at radius 2 is 1.37 bits per heavy atom. The van der Waals surface area contributed by atoms with Crippen molar-refractivity contribution in [3.63, 3.8) is 0 Å². The lowest BCUT2D eigenvalue weighted by atomic mass is 9.87. The highest BCUT2D eigenvalue weighted by Gasteiger charge is 2.14. The second kappa shape index (κ2) is 9.40. The summed E-state index contributed by atoms with van der Waals surface area (Å²) in [4.78, 5) is 24.5. The van der Waals surface area contributed by atoms with E-state index < -0.39 is 0 Å². The van der Waals surface area contributed by atoms with E-state index in [1.807, 2.05) is 78.9 Å². The third kappa shape index (κ3) is 5.80. The number of hydrogen-bond acceptors (Lipinski definition) is 2. The summed E-state index contributed by atoms with van der Waals surface area (Å²) in [7, 11) is 0. The summed E-state index contributed by atoms with van der Waals surface area (Å²) in [5.41, 5.74) is 4.79. The number of amides is 2. The third-order valence-corrected chi connectivity index (χ3v) is 4.93. The molecule has 0 aliphatic carbocycles. The van der Waals surface area contributed by atoms with Gasteiger partial charge in [0.25, 0.3) is 5.91 Å². The van der Waals surface area contributed by atoms with Crippen molar-refractivity contribution in [2.24, 2.45) is 0 Å². The van der Waals surface area contributed by atoms with Gasteiger partial charge in [-0.15, -0.1) is 0 Å². The van der Waals surface area contributed by atoms with Crippen molar-refractivity contribution in [1.82, 2.24) is 5.32 Å². The van der Waals surface area contributed by atoms with Crippen LogP contribution >= 0.6 is 0 Å². The van der Waals surface area contributed by atoms with E-state index in [0.717, 1.165) is 16.8 Å². The molecule has 2 N–H and O–H groups in total. The minimum Gasteiger partial charge on any atom is -0.352 e. The quantitative estimate of drug-likeness (QED) is 0.581. The van der Waals surface area contributed by atoms with Crippen LogP contribution in [-0.2, 0) is 10.2 Å². The molecule has 0 aromatic heterocycles. The average Bonchev–Trinajstić information content (AvgIpc) is 2.74. The molecule has 3 aromatic rings. The van der Waals surface area contributed by atoms with E-state index in [1.165, 1.54) is 5.56 Å². The van der Waals surface area contributed by atoms with Crippen molar-refractivity contribution >= 4 is 17.5 Å². The molecule has 0 saturated heterocycles. The molecule has 0 saturated carbocycles. The highest BCUT2D eigenvalue weighted by molar-refractivity contribution is 5.95. The summed E-state index contributed by atoms with van der Waals surface area (Å²) in [6.45, 7) is 6.69. The van der Waals surface area contributed by atoms with Crippen LogP contribution in [0.4, 0.5) is 5.69 Å². The lowest BCUT2D eigenvalue weighted by molar-refractivity contribution is -0.116. The van der Waals surface area contributed by atoms with Gasteiger partial charge in [-0.1, -0.05) is 75.4 Å². The van der Waals surface area contributed by atoms with Crippen molar-refractivity contribution in [1.29, 1.82) is 0 Å². The lowest BCUT2D eigenvalue weighted by Crippen LogP contribution is -2.27. The molecular formula is C26H28N2O2. The van der Waals surface area contributed by atoms with Crippen LogP contribution in [0.2, 0.25) is 0 Å². The lowest BCUT2D eigenvalue weighted by Gasteiger charge is -2.19. The standard InChI is InChI=1S/C26H28N2O2/c1-26(2,3)22-13-9-21(10-14-22)25(30)27-18-17-24(29)28-23-15-11-20(12-16-23)19-7-5-4-6-8-19/h4-16H,17-18H2,1-3H3,(H,27,30)(H,28,29). The minimum atomic E-state index is -0.171. The van der Waals surface area contributed by atoms with E-state index in [0.29, 0.717) is 5.56 Å². The van der Waals surface area contributed by atoms with Crippen molar-refractivity contribution < 1.29 is 9.59 Å². The minimum absolute atomic E-state index is 0.0480. The number of rotatable bonds is 6. The monoisotopic (exact) mass is 400 g/mol. The Balaban J connectivity index is 1.46. The van der Waals surface area contributed by atoms with Crippen LogP contribution in [0.15, 0.2) is 78.9 Å². The van der Waals surface area contributed by atoms with Crippen LogP contribution < -0.4 is 10.6 Å². The average molecular weight is 401 g/mol. The van der Waals surface area contributed by atoms with Crippen molar-refractivity contribution in [2.75, 3.05) is 11.9 Å². The van der Waals surface area contributed by atoms with E-state index in [9.17, 15) is 9.59 Å². The Bertz CT molecular complexity index is 986. The van der Waals surface area contributed by atoms with E-state index >= 15 is 0 Å². The number of carbonyl (C=O) groups is 2. The molecule has 154 valence electrons. The number of benzene rings is 3. The zero-order chi connectivity index (χ0) is 21.6. The van der Waals surface area contributed by atoms with Gasteiger partial charge < -0.3 is 10.6 Å². The van der Waals surface area contributed by atoms with Gasteiger partial charge in [-0.2, -0.15) is 0 Å². The Morgan fingerprint density at radius 1 is 0.767 bits per heavy atom. The molecule has 0 heterocycles. The number of hydrogen-bond donors (Lipinski definition) is 2. The summed E-state index contributed by atoms with van der Waals surface area (Å²) >= 11 is 0. The predicted molar refractivity (Wildman–Crippen MR) is 123 cm³/mol. The molecule has 4 nitrogen and oxygen atoms in total. The molecule has 0 radical (unpaired) electrons. The van der Waals surface area contributed by atoms with Crippen LogP contribution in [-0.4, -0.2) is 18.4 Å². The summed E-state index contributed by atoms with van der Waals surface area (Å²) in [6, 6.07) is 25.4. The fraction of sp³-hybridized carbons (Fsp3) is 0.231. The van der Waals surface area contributed by atoms with Gasteiger partial charge in [0.05, 0.1) is 0 Å². The largest absolute Gasteiger partial charge is 0.352 e. The van der Waals surface area contributed by atoms with Gasteiger partial charge in [-0.3, -0.25) is 9.59 Å². The Morgan fingerprint density at radius 3 is 1.97 bits per heavy atom. The second-order valence-corrected chi connectivity index (χ2v) is 8.32. The van der Waals surface area contributed by atoms with E-state index in [1.54, 1.807) is 0 Å². The van der Waals surface area contributed by atoms with E-state index in [2.05, 4.69) is 31.4 Å². The molecular weight excluding hydrogens is 372 g/mol. The molecule has 30 heavy (non-hydrogen) atoms. The Labute approximate surface area is 178 Å². The van der Waals surface area contributed by atoms with Gasteiger partial charge >= 0.3 is 0 Å². The molecule has 0 aliphatic rings. The molecule has 0 bridgehead atoms. The summed E-state index contributed by atoms with van der Waals surface area (Å²) in [5, 5.41) is 5.67. The first-order valence-electron chi connectivity index (χ1n) is 10.2. The van der Waals surface area contributed by atoms with Gasteiger partial charge in [0.1, 0.15) is 0 Å². The molecule has 4 heteroatoms. The van der Waals surface area contributed by atoms with Crippen molar-refractivity contribution in [2.45, 2.75) is 32.6 Å². The highest BCUT2D eigenvalue weighted by Crippen LogP contribution is 2.22. The number of nitrogens with one attached hydrogen (secondary N) is 2. The Hall–Kier alpha value is -3.40. The molecule has 2 amide bonds. The normalized spacial score (nSPS) is 11.0. The number of carbonyl (C=O) groups excluding carboxylic acids is 2. The summed E-state index contributed by atoms with van der Waals surface area (Å²) in [5.74, 6) is -0.304. The third-order valence-electron chi connectivity index (χ3n) is 4.93. The maximum atomic E-state index is 12.3. The van der Waals surface area contributed by atoms with Crippen molar-refractivity contribution in [3.8, 4) is 11.1 Å². The maximum absolute atomic E-state index is 12.3. The SMILES string of the molecule is CC(C)(C)c1ccc(C(=O)NCCC(=O)Nc2ccc(-c3ccccc3)cc2)cc1. The van der Waals surface area contributed by atoms with E-state index in [-0.39, 0.29) is 30.2 Å². The number of anilines is 1. The first-order valence-corrected chi connectivity index (χ1v) is 10.2. The maximum Gasteiger partial charge on any atom is 0.251 e. The van der Waals surface area contributed by atoms with Gasteiger partial charge in [0, 0.05) is 24.2 Å². The predicted octanol–water partition coefficient (Wildman–Crippen LogP) is 5.41. The first-order chi connectivity index (χ1) is 14.3. The van der Waals surface area contributed by atoms with Gasteiger partial charge in [0.15, 0.2) is 0 Å². The van der Waals surface area contributed by atoms with Gasteiger partial charge in [0.2, 0.25) is 5.91 Å². The molecule has 0 atom stereocenters. The molecule has 3 aromatic carbocycles. The smallest absolute Gasteiger partial charge is 0.251 e.